The monoisotopic (exact) mass is 436 g/mol. The fourth-order valence-electron chi connectivity index (χ4n) is 3.07. The fraction of sp³-hybridized carbons (Fsp3) is 0.300. The second-order valence-corrected chi connectivity index (χ2v) is 11.8. The van der Waals surface area contributed by atoms with Gasteiger partial charge in [0.1, 0.15) is 0 Å². The van der Waals surface area contributed by atoms with E-state index in [1.807, 2.05) is 0 Å². The van der Waals surface area contributed by atoms with Crippen LogP contribution in [-0.4, -0.2) is 19.4 Å². The second-order valence-electron chi connectivity index (χ2n) is 6.60. The first-order chi connectivity index (χ1) is 11.0. The minimum atomic E-state index is -2.35. The van der Waals surface area contributed by atoms with E-state index < -0.39 is 8.32 Å². The fourth-order valence-corrected chi connectivity index (χ4v) is 7.93. The Hall–Kier alpha value is -0.913. The van der Waals surface area contributed by atoms with Gasteiger partial charge in [-0.05, 0) is 15.4 Å². The van der Waals surface area contributed by atoms with Crippen LogP contribution in [0, 0.1) is 0 Å². The van der Waals surface area contributed by atoms with Crippen molar-refractivity contribution < 1.29 is 4.43 Å². The number of alkyl halides is 1. The average Bonchev–Trinajstić information content (AvgIpc) is 2.55. The summed E-state index contributed by atoms with van der Waals surface area (Å²) < 4.78 is 7.73. The van der Waals surface area contributed by atoms with Crippen molar-refractivity contribution in [2.75, 3.05) is 11.0 Å². The van der Waals surface area contributed by atoms with Gasteiger partial charge in [0.25, 0.3) is 8.32 Å². The number of hydrogen-bond acceptors (Lipinski definition) is 1. The molecule has 0 amide bonds. The molecule has 0 aliphatic carbocycles. The molecule has 0 saturated heterocycles. The highest BCUT2D eigenvalue weighted by Crippen LogP contribution is 2.36. The van der Waals surface area contributed by atoms with E-state index in [0.717, 1.165) is 4.43 Å². The molecular weight excluding hydrogens is 411 g/mol. The molecule has 2 aromatic carbocycles. The number of benzene rings is 2. The lowest BCUT2D eigenvalue weighted by atomic mass is 10.2. The maximum absolute atomic E-state index is 6.72. The van der Waals surface area contributed by atoms with Gasteiger partial charge in [-0.3, -0.25) is 0 Å². The summed E-state index contributed by atoms with van der Waals surface area (Å²) in [5.74, 6) is 0. The van der Waals surface area contributed by atoms with Crippen LogP contribution in [0.15, 0.2) is 72.8 Å². The van der Waals surface area contributed by atoms with E-state index >= 15 is 0 Å². The summed E-state index contributed by atoms with van der Waals surface area (Å²) in [5, 5.41) is 2.72. The van der Waals surface area contributed by atoms with Crippen LogP contribution in [0.5, 0.6) is 0 Å². The summed E-state index contributed by atoms with van der Waals surface area (Å²) in [6.45, 7) is 7.58. The Balaban J connectivity index is 2.57. The van der Waals surface area contributed by atoms with Crippen molar-refractivity contribution in [1.82, 2.24) is 0 Å². The molecule has 0 aliphatic rings. The van der Waals surface area contributed by atoms with E-state index in [2.05, 4.69) is 116 Å². The highest BCUT2D eigenvalue weighted by atomic mass is 127. The molecule has 3 heteroatoms. The first-order valence-corrected chi connectivity index (χ1v) is 11.4. The van der Waals surface area contributed by atoms with Crippen molar-refractivity contribution in [2.45, 2.75) is 25.8 Å². The number of halogens is 1. The van der Waals surface area contributed by atoms with Crippen LogP contribution in [0.25, 0.3) is 0 Å². The maximum atomic E-state index is 6.72. The Labute approximate surface area is 155 Å². The van der Waals surface area contributed by atoms with Crippen molar-refractivity contribution in [3.05, 3.63) is 72.8 Å². The van der Waals surface area contributed by atoms with E-state index in [9.17, 15) is 0 Å². The van der Waals surface area contributed by atoms with Gasteiger partial charge in [0, 0.05) is 4.43 Å². The molecule has 0 heterocycles. The van der Waals surface area contributed by atoms with E-state index in [-0.39, 0.29) is 5.04 Å². The molecule has 2 rings (SSSR count). The third-order valence-electron chi connectivity index (χ3n) is 4.07. The minimum absolute atomic E-state index is 0.0495. The molecule has 0 aromatic heterocycles. The van der Waals surface area contributed by atoms with Gasteiger partial charge >= 0.3 is 0 Å². The van der Waals surface area contributed by atoms with Crippen LogP contribution in [0.1, 0.15) is 20.8 Å². The van der Waals surface area contributed by atoms with Gasteiger partial charge in [-0.2, -0.15) is 0 Å². The lowest BCUT2D eigenvalue weighted by Crippen LogP contribution is -2.66. The van der Waals surface area contributed by atoms with Crippen LogP contribution in [0.3, 0.4) is 0 Å². The van der Waals surface area contributed by atoms with Gasteiger partial charge in [-0.15, -0.1) is 0 Å². The number of hydrogen-bond donors (Lipinski definition) is 0. The molecule has 122 valence electrons. The lowest BCUT2D eigenvalue weighted by Gasteiger charge is -2.42. The third-order valence-corrected chi connectivity index (χ3v) is 9.58. The Morgan fingerprint density at radius 1 is 0.870 bits per heavy atom. The Bertz CT molecular complexity index is 578. The topological polar surface area (TPSA) is 9.23 Å². The molecule has 2 aromatic rings. The quantitative estimate of drug-likeness (QED) is 0.279. The van der Waals surface area contributed by atoms with Gasteiger partial charge in [-0.25, -0.2) is 0 Å². The van der Waals surface area contributed by atoms with Crippen LogP contribution in [0.4, 0.5) is 0 Å². The smallest absolute Gasteiger partial charge is 0.261 e. The highest BCUT2D eigenvalue weighted by Gasteiger charge is 2.49. The molecule has 1 nitrogen and oxygen atoms in total. The lowest BCUT2D eigenvalue weighted by molar-refractivity contribution is 0.339. The van der Waals surface area contributed by atoms with Crippen molar-refractivity contribution in [1.29, 1.82) is 0 Å². The molecule has 0 saturated carbocycles. The van der Waals surface area contributed by atoms with Crippen LogP contribution < -0.4 is 10.4 Å². The summed E-state index contributed by atoms with van der Waals surface area (Å²) in [6.07, 6.45) is 4.31. The van der Waals surface area contributed by atoms with Crippen LogP contribution in [-0.2, 0) is 4.43 Å². The molecule has 0 aliphatic heterocycles. The van der Waals surface area contributed by atoms with E-state index in [1.54, 1.807) is 0 Å². The molecule has 0 radical (unpaired) electrons. The van der Waals surface area contributed by atoms with Crippen molar-refractivity contribution in [3.8, 4) is 0 Å². The zero-order valence-electron chi connectivity index (χ0n) is 14.1. The van der Waals surface area contributed by atoms with Gasteiger partial charge in [0.15, 0.2) is 0 Å². The van der Waals surface area contributed by atoms with Crippen LogP contribution >= 0.6 is 22.6 Å². The van der Waals surface area contributed by atoms with E-state index in [0.29, 0.717) is 6.61 Å². The molecular formula is C20H25IOSi. The Kier molecular flexibility index (Phi) is 6.62. The zero-order chi connectivity index (χ0) is 16.8. The first kappa shape index (κ1) is 18.4. The largest absolute Gasteiger partial charge is 0.404 e. The summed E-state index contributed by atoms with van der Waals surface area (Å²) in [6, 6.07) is 21.5. The second kappa shape index (κ2) is 8.26. The summed E-state index contributed by atoms with van der Waals surface area (Å²) in [7, 11) is -2.35. The minimum Gasteiger partial charge on any atom is -0.404 e. The molecule has 23 heavy (non-hydrogen) atoms. The van der Waals surface area contributed by atoms with E-state index in [1.165, 1.54) is 10.4 Å². The van der Waals surface area contributed by atoms with Crippen molar-refractivity contribution in [2.24, 2.45) is 0 Å². The molecule has 0 spiro atoms. The van der Waals surface area contributed by atoms with Crippen LogP contribution in [0.2, 0.25) is 5.04 Å². The van der Waals surface area contributed by atoms with Crippen molar-refractivity contribution >= 4 is 41.3 Å². The van der Waals surface area contributed by atoms with Gasteiger partial charge < -0.3 is 4.43 Å². The molecule has 0 fully saturated rings. The number of rotatable bonds is 6. The molecule has 0 bridgehead atoms. The predicted octanol–water partition coefficient (Wildman–Crippen LogP) is 4.55. The summed E-state index contributed by atoms with van der Waals surface area (Å²) in [4.78, 5) is 0. The normalized spacial score (nSPS) is 12.7. The third kappa shape index (κ3) is 4.14. The zero-order valence-corrected chi connectivity index (χ0v) is 17.3. The van der Waals surface area contributed by atoms with Gasteiger partial charge in [0.2, 0.25) is 0 Å². The van der Waals surface area contributed by atoms with E-state index in [4.69, 9.17) is 4.43 Å². The molecule has 0 N–H and O–H groups in total. The SMILES string of the molecule is CC(C)(C)[Si](OCC=CCI)(c1ccccc1)c1ccccc1. The molecule has 0 unspecified atom stereocenters. The Morgan fingerprint density at radius 3 is 1.74 bits per heavy atom. The predicted molar refractivity (Wildman–Crippen MR) is 112 cm³/mol. The summed E-state index contributed by atoms with van der Waals surface area (Å²) in [5.41, 5.74) is 0. The summed E-state index contributed by atoms with van der Waals surface area (Å²) >= 11 is 2.36. The average molecular weight is 436 g/mol. The Morgan fingerprint density at radius 2 is 1.35 bits per heavy atom. The van der Waals surface area contributed by atoms with Gasteiger partial charge in [-0.1, -0.05) is 116 Å². The molecule has 0 atom stereocenters. The first-order valence-electron chi connectivity index (χ1n) is 7.98. The maximum Gasteiger partial charge on any atom is 0.261 e. The number of allylic oxidation sites excluding steroid dienone is 1. The standard InChI is InChI=1S/C20H25IOSi/c1-20(2,3)23(22-17-11-10-16-21,18-12-6-4-7-13-18)19-14-8-5-9-15-19/h4-15H,16-17H2,1-3H3. The van der Waals surface area contributed by atoms with Gasteiger partial charge in [0.05, 0.1) is 6.61 Å². The van der Waals surface area contributed by atoms with Crippen molar-refractivity contribution in [3.63, 3.8) is 0 Å². The highest BCUT2D eigenvalue weighted by molar-refractivity contribution is 14.1.